The Morgan fingerprint density at radius 2 is 2.36 bits per heavy atom. The van der Waals surface area contributed by atoms with Crippen LogP contribution >= 0.6 is 15.9 Å². The molecule has 1 aromatic rings. The number of hydrogen-bond donors (Lipinski definition) is 0. The van der Waals surface area contributed by atoms with Gasteiger partial charge in [-0.3, -0.25) is 4.79 Å². The molecule has 0 N–H and O–H groups in total. The van der Waals surface area contributed by atoms with E-state index in [9.17, 15) is 4.79 Å². The van der Waals surface area contributed by atoms with Crippen LogP contribution in [0.5, 0.6) is 0 Å². The summed E-state index contributed by atoms with van der Waals surface area (Å²) in [6, 6.07) is 0. The lowest BCUT2D eigenvalue weighted by Gasteiger charge is -2.03. The van der Waals surface area contributed by atoms with Gasteiger partial charge < -0.3 is 4.74 Å². The van der Waals surface area contributed by atoms with Crippen molar-refractivity contribution in [2.24, 2.45) is 0 Å². The van der Waals surface area contributed by atoms with Crippen LogP contribution in [0.1, 0.15) is 18.4 Å². The summed E-state index contributed by atoms with van der Waals surface area (Å²) in [5.41, 5.74) is 0.663. The Morgan fingerprint density at radius 3 is 3.00 bits per heavy atom. The third kappa shape index (κ3) is 3.06. The van der Waals surface area contributed by atoms with Gasteiger partial charge in [-0.25, -0.2) is 9.97 Å². The standard InChI is InChI=1S/C9H11BrN2O2/c1-3-14-9(13)4-8-7(10)5-11-6(2)12-8/h5H,3-4H2,1-2H3. The van der Waals surface area contributed by atoms with Gasteiger partial charge in [0.05, 0.1) is 23.2 Å². The molecule has 5 heteroatoms. The zero-order valence-electron chi connectivity index (χ0n) is 8.08. The number of hydrogen-bond acceptors (Lipinski definition) is 4. The molecule has 76 valence electrons. The van der Waals surface area contributed by atoms with E-state index in [1.807, 2.05) is 0 Å². The molecule has 0 unspecified atom stereocenters. The fourth-order valence-electron chi connectivity index (χ4n) is 0.975. The van der Waals surface area contributed by atoms with Crippen molar-refractivity contribution in [2.75, 3.05) is 6.61 Å². The predicted molar refractivity (Wildman–Crippen MR) is 54.8 cm³/mol. The van der Waals surface area contributed by atoms with Crippen molar-refractivity contribution in [1.82, 2.24) is 9.97 Å². The van der Waals surface area contributed by atoms with Gasteiger partial charge in [0, 0.05) is 6.20 Å². The van der Waals surface area contributed by atoms with E-state index in [4.69, 9.17) is 4.74 Å². The molecule has 1 heterocycles. The van der Waals surface area contributed by atoms with Crippen molar-refractivity contribution in [2.45, 2.75) is 20.3 Å². The second kappa shape index (κ2) is 5.05. The number of ether oxygens (including phenoxy) is 1. The Bertz CT molecular complexity index is 342. The molecule has 0 fully saturated rings. The maximum absolute atomic E-state index is 11.2. The highest BCUT2D eigenvalue weighted by Crippen LogP contribution is 2.13. The molecule has 0 aliphatic rings. The van der Waals surface area contributed by atoms with Crippen LogP contribution in [0.3, 0.4) is 0 Å². The molecule has 0 amide bonds. The van der Waals surface area contributed by atoms with Crippen LogP contribution in [0.25, 0.3) is 0 Å². The number of halogens is 1. The second-order valence-electron chi connectivity index (χ2n) is 2.69. The maximum atomic E-state index is 11.2. The van der Waals surface area contributed by atoms with Crippen LogP contribution in [-0.2, 0) is 16.0 Å². The molecule has 1 rings (SSSR count). The minimum absolute atomic E-state index is 0.178. The molecule has 0 saturated carbocycles. The zero-order chi connectivity index (χ0) is 10.6. The van der Waals surface area contributed by atoms with E-state index >= 15 is 0 Å². The van der Waals surface area contributed by atoms with Gasteiger partial charge in [0.1, 0.15) is 5.82 Å². The smallest absolute Gasteiger partial charge is 0.311 e. The van der Waals surface area contributed by atoms with Gasteiger partial charge in [-0.1, -0.05) is 0 Å². The third-order valence-corrected chi connectivity index (χ3v) is 2.22. The summed E-state index contributed by atoms with van der Waals surface area (Å²) in [5.74, 6) is 0.374. The molecule has 0 aromatic carbocycles. The highest BCUT2D eigenvalue weighted by atomic mass is 79.9. The summed E-state index contributed by atoms with van der Waals surface area (Å²) >= 11 is 3.28. The summed E-state index contributed by atoms with van der Waals surface area (Å²) in [6.07, 6.45) is 1.81. The molecule has 0 saturated heterocycles. The Hall–Kier alpha value is -0.970. The largest absolute Gasteiger partial charge is 0.466 e. The first-order valence-electron chi connectivity index (χ1n) is 4.27. The molecule has 0 atom stereocenters. The average molecular weight is 259 g/mol. The van der Waals surface area contributed by atoms with E-state index in [1.165, 1.54) is 0 Å². The van der Waals surface area contributed by atoms with E-state index in [1.54, 1.807) is 20.0 Å². The lowest BCUT2D eigenvalue weighted by Crippen LogP contribution is -2.10. The Kier molecular flexibility index (Phi) is 4.00. The minimum atomic E-state index is -0.272. The van der Waals surface area contributed by atoms with Crippen LogP contribution in [0.4, 0.5) is 0 Å². The van der Waals surface area contributed by atoms with Gasteiger partial charge in [0.15, 0.2) is 0 Å². The van der Waals surface area contributed by atoms with E-state index in [0.717, 1.165) is 4.47 Å². The van der Waals surface area contributed by atoms with Gasteiger partial charge in [0.2, 0.25) is 0 Å². The molecular formula is C9H11BrN2O2. The summed E-state index contributed by atoms with van der Waals surface area (Å²) < 4.78 is 5.55. The number of carbonyl (C=O) groups is 1. The van der Waals surface area contributed by atoms with Crippen molar-refractivity contribution < 1.29 is 9.53 Å². The van der Waals surface area contributed by atoms with Crippen molar-refractivity contribution in [1.29, 1.82) is 0 Å². The van der Waals surface area contributed by atoms with Crippen molar-refractivity contribution in [3.63, 3.8) is 0 Å². The fourth-order valence-corrected chi connectivity index (χ4v) is 1.31. The quantitative estimate of drug-likeness (QED) is 0.774. The fraction of sp³-hybridized carbons (Fsp3) is 0.444. The average Bonchev–Trinajstić information content (AvgIpc) is 2.12. The number of carbonyl (C=O) groups excluding carboxylic acids is 1. The first kappa shape index (κ1) is 11.1. The number of esters is 1. The maximum Gasteiger partial charge on any atom is 0.311 e. The Labute approximate surface area is 90.8 Å². The topological polar surface area (TPSA) is 52.1 Å². The number of nitrogens with zero attached hydrogens (tertiary/aromatic N) is 2. The minimum Gasteiger partial charge on any atom is -0.466 e. The molecule has 0 aliphatic carbocycles. The molecule has 0 aliphatic heterocycles. The summed E-state index contributed by atoms with van der Waals surface area (Å²) in [5, 5.41) is 0. The second-order valence-corrected chi connectivity index (χ2v) is 3.55. The predicted octanol–water partition coefficient (Wildman–Crippen LogP) is 1.65. The van der Waals surface area contributed by atoms with E-state index in [2.05, 4.69) is 25.9 Å². The van der Waals surface area contributed by atoms with Crippen molar-refractivity contribution in [3.05, 3.63) is 22.2 Å². The summed E-state index contributed by atoms with van der Waals surface area (Å²) in [4.78, 5) is 19.3. The van der Waals surface area contributed by atoms with Crippen LogP contribution in [0.2, 0.25) is 0 Å². The normalized spacial score (nSPS) is 9.93. The summed E-state index contributed by atoms with van der Waals surface area (Å²) in [6.45, 7) is 3.94. The van der Waals surface area contributed by atoms with Crippen LogP contribution in [0.15, 0.2) is 10.7 Å². The molecule has 0 radical (unpaired) electrons. The molecule has 1 aromatic heterocycles. The first-order valence-corrected chi connectivity index (χ1v) is 5.06. The monoisotopic (exact) mass is 258 g/mol. The zero-order valence-corrected chi connectivity index (χ0v) is 9.67. The lowest BCUT2D eigenvalue weighted by molar-refractivity contribution is -0.142. The molecule has 0 spiro atoms. The van der Waals surface area contributed by atoms with E-state index in [-0.39, 0.29) is 12.4 Å². The summed E-state index contributed by atoms with van der Waals surface area (Å²) in [7, 11) is 0. The van der Waals surface area contributed by atoms with Gasteiger partial charge in [0.25, 0.3) is 0 Å². The number of rotatable bonds is 3. The Morgan fingerprint density at radius 1 is 1.64 bits per heavy atom. The molecule has 4 nitrogen and oxygen atoms in total. The Balaban J connectivity index is 2.75. The van der Waals surface area contributed by atoms with Gasteiger partial charge in [-0.15, -0.1) is 0 Å². The van der Waals surface area contributed by atoms with Gasteiger partial charge >= 0.3 is 5.97 Å². The van der Waals surface area contributed by atoms with Gasteiger partial charge in [-0.05, 0) is 29.8 Å². The molecular weight excluding hydrogens is 248 g/mol. The van der Waals surface area contributed by atoms with Crippen LogP contribution in [-0.4, -0.2) is 22.5 Å². The third-order valence-electron chi connectivity index (χ3n) is 1.55. The highest BCUT2D eigenvalue weighted by molar-refractivity contribution is 9.10. The van der Waals surface area contributed by atoms with Crippen molar-refractivity contribution in [3.8, 4) is 0 Å². The highest BCUT2D eigenvalue weighted by Gasteiger charge is 2.09. The molecule has 14 heavy (non-hydrogen) atoms. The SMILES string of the molecule is CCOC(=O)Cc1nc(C)ncc1Br. The van der Waals surface area contributed by atoms with E-state index < -0.39 is 0 Å². The lowest BCUT2D eigenvalue weighted by atomic mass is 10.3. The number of aromatic nitrogens is 2. The first-order chi connectivity index (χ1) is 6.63. The van der Waals surface area contributed by atoms with E-state index in [0.29, 0.717) is 18.1 Å². The molecule has 0 bridgehead atoms. The van der Waals surface area contributed by atoms with Gasteiger partial charge in [-0.2, -0.15) is 0 Å². The van der Waals surface area contributed by atoms with Crippen LogP contribution < -0.4 is 0 Å². The number of aryl methyl sites for hydroxylation is 1. The van der Waals surface area contributed by atoms with Crippen molar-refractivity contribution >= 4 is 21.9 Å². The van der Waals surface area contributed by atoms with Crippen LogP contribution in [0, 0.1) is 6.92 Å².